The number of likely N-dealkylation sites (tertiary alicyclic amines) is 1. The van der Waals surface area contributed by atoms with Crippen molar-refractivity contribution in [2.24, 2.45) is 4.99 Å². The van der Waals surface area contributed by atoms with E-state index in [0.717, 1.165) is 32.0 Å². The highest BCUT2D eigenvalue weighted by molar-refractivity contribution is 7.09. The summed E-state index contributed by atoms with van der Waals surface area (Å²) in [6, 6.07) is 13.2. The van der Waals surface area contributed by atoms with E-state index in [0.29, 0.717) is 0 Å². The van der Waals surface area contributed by atoms with Gasteiger partial charge < -0.3 is 10.6 Å². The van der Waals surface area contributed by atoms with Crippen LogP contribution in [0.15, 0.2) is 46.8 Å². The summed E-state index contributed by atoms with van der Waals surface area (Å²) in [6.45, 7) is 5.27. The Kier molecular flexibility index (Phi) is 6.89. The molecular weight excluding hydrogens is 328 g/mol. The highest BCUT2D eigenvalue weighted by atomic mass is 32.1. The SMILES string of the molecule is CN=C(NCCc1cccs1)NCc1ccc(CN2CCCC2)cc1. The summed E-state index contributed by atoms with van der Waals surface area (Å²) >= 11 is 1.80. The third-order valence-corrected chi connectivity index (χ3v) is 5.49. The topological polar surface area (TPSA) is 39.7 Å². The third kappa shape index (κ3) is 5.87. The molecule has 5 heteroatoms. The van der Waals surface area contributed by atoms with Crippen LogP contribution >= 0.6 is 11.3 Å². The van der Waals surface area contributed by atoms with Gasteiger partial charge in [0.05, 0.1) is 0 Å². The number of hydrogen-bond donors (Lipinski definition) is 2. The van der Waals surface area contributed by atoms with Crippen LogP contribution in [0, 0.1) is 0 Å². The van der Waals surface area contributed by atoms with Gasteiger partial charge in [-0.15, -0.1) is 11.3 Å². The molecule has 0 aliphatic carbocycles. The molecular formula is C20H28N4S. The second kappa shape index (κ2) is 9.59. The van der Waals surface area contributed by atoms with E-state index in [9.17, 15) is 0 Å². The number of rotatable bonds is 7. The molecule has 4 nitrogen and oxygen atoms in total. The lowest BCUT2D eigenvalue weighted by Gasteiger charge is -2.15. The maximum Gasteiger partial charge on any atom is 0.191 e. The fraction of sp³-hybridized carbons (Fsp3) is 0.450. The molecule has 0 saturated carbocycles. The number of aliphatic imine (C=N–C) groups is 1. The van der Waals surface area contributed by atoms with E-state index in [1.54, 1.807) is 11.3 Å². The van der Waals surface area contributed by atoms with Crippen LogP contribution in [-0.2, 0) is 19.5 Å². The Labute approximate surface area is 155 Å². The number of thiophene rings is 1. The van der Waals surface area contributed by atoms with Gasteiger partial charge in [0.15, 0.2) is 5.96 Å². The van der Waals surface area contributed by atoms with Crippen LogP contribution in [0.25, 0.3) is 0 Å². The minimum absolute atomic E-state index is 0.794. The van der Waals surface area contributed by atoms with Crippen molar-refractivity contribution < 1.29 is 0 Å². The molecule has 1 fully saturated rings. The summed E-state index contributed by atoms with van der Waals surface area (Å²) in [4.78, 5) is 8.23. The summed E-state index contributed by atoms with van der Waals surface area (Å²) in [6.07, 6.45) is 3.73. The number of nitrogens with zero attached hydrogens (tertiary/aromatic N) is 2. The van der Waals surface area contributed by atoms with Crippen LogP contribution in [0.2, 0.25) is 0 Å². The van der Waals surface area contributed by atoms with Gasteiger partial charge >= 0.3 is 0 Å². The zero-order valence-corrected chi connectivity index (χ0v) is 15.8. The monoisotopic (exact) mass is 356 g/mol. The molecule has 1 saturated heterocycles. The van der Waals surface area contributed by atoms with Gasteiger partial charge in [-0.05, 0) is 54.9 Å². The molecule has 1 aromatic carbocycles. The Morgan fingerprint density at radius 2 is 1.84 bits per heavy atom. The maximum absolute atomic E-state index is 4.30. The summed E-state index contributed by atoms with van der Waals surface area (Å²) < 4.78 is 0. The molecule has 25 heavy (non-hydrogen) atoms. The van der Waals surface area contributed by atoms with Crippen molar-refractivity contribution in [3.63, 3.8) is 0 Å². The van der Waals surface area contributed by atoms with Crippen molar-refractivity contribution in [3.8, 4) is 0 Å². The smallest absolute Gasteiger partial charge is 0.191 e. The number of benzene rings is 1. The second-order valence-electron chi connectivity index (χ2n) is 6.48. The molecule has 0 atom stereocenters. The fourth-order valence-corrected chi connectivity index (χ4v) is 3.84. The first-order chi connectivity index (χ1) is 12.3. The molecule has 3 rings (SSSR count). The van der Waals surface area contributed by atoms with E-state index in [1.807, 2.05) is 7.05 Å². The molecule has 2 N–H and O–H groups in total. The summed E-state index contributed by atoms with van der Waals surface area (Å²) in [5, 5.41) is 8.89. The number of nitrogens with one attached hydrogen (secondary N) is 2. The molecule has 134 valence electrons. The molecule has 1 aliphatic heterocycles. The standard InChI is InChI=1S/C20H28N4S/c1-21-20(22-11-10-19-5-4-14-25-19)23-15-17-6-8-18(9-7-17)16-24-12-2-3-13-24/h4-9,14H,2-3,10-13,15-16H2,1H3,(H2,21,22,23). The highest BCUT2D eigenvalue weighted by Gasteiger charge is 2.11. The van der Waals surface area contributed by atoms with Gasteiger partial charge in [-0.25, -0.2) is 0 Å². The van der Waals surface area contributed by atoms with Crippen molar-refractivity contribution in [1.82, 2.24) is 15.5 Å². The summed E-state index contributed by atoms with van der Waals surface area (Å²) in [5.41, 5.74) is 2.69. The van der Waals surface area contributed by atoms with Crippen molar-refractivity contribution in [1.29, 1.82) is 0 Å². The van der Waals surface area contributed by atoms with E-state index >= 15 is 0 Å². The van der Waals surface area contributed by atoms with Crippen LogP contribution in [0.5, 0.6) is 0 Å². The Morgan fingerprint density at radius 1 is 1.08 bits per heavy atom. The number of hydrogen-bond acceptors (Lipinski definition) is 3. The zero-order chi connectivity index (χ0) is 17.3. The Hall–Kier alpha value is -1.85. The van der Waals surface area contributed by atoms with Crippen molar-refractivity contribution in [2.75, 3.05) is 26.7 Å². The molecule has 2 heterocycles. The zero-order valence-electron chi connectivity index (χ0n) is 15.0. The number of guanidine groups is 1. The van der Waals surface area contributed by atoms with Gasteiger partial charge in [0.1, 0.15) is 0 Å². The van der Waals surface area contributed by atoms with E-state index < -0.39 is 0 Å². The predicted molar refractivity (Wildman–Crippen MR) is 107 cm³/mol. The van der Waals surface area contributed by atoms with Crippen molar-refractivity contribution in [2.45, 2.75) is 32.4 Å². The third-order valence-electron chi connectivity index (χ3n) is 4.56. The molecule has 0 radical (unpaired) electrons. The highest BCUT2D eigenvalue weighted by Crippen LogP contribution is 2.13. The molecule has 1 aromatic heterocycles. The summed E-state index contributed by atoms with van der Waals surface area (Å²) in [5.74, 6) is 0.859. The van der Waals surface area contributed by atoms with Crippen LogP contribution in [0.3, 0.4) is 0 Å². The Bertz CT molecular complexity index is 643. The van der Waals surface area contributed by atoms with E-state index in [4.69, 9.17) is 0 Å². The Balaban J connectivity index is 1.40. The van der Waals surface area contributed by atoms with E-state index in [2.05, 4.69) is 62.3 Å². The van der Waals surface area contributed by atoms with Crippen LogP contribution < -0.4 is 10.6 Å². The normalized spacial score (nSPS) is 15.5. The average molecular weight is 357 g/mol. The molecule has 0 bridgehead atoms. The van der Waals surface area contributed by atoms with E-state index in [-0.39, 0.29) is 0 Å². The van der Waals surface area contributed by atoms with Gasteiger partial charge in [-0.1, -0.05) is 30.3 Å². The predicted octanol–water partition coefficient (Wildman–Crippen LogP) is 3.25. The fourth-order valence-electron chi connectivity index (χ4n) is 3.13. The van der Waals surface area contributed by atoms with Crippen molar-refractivity contribution >= 4 is 17.3 Å². The molecule has 2 aromatic rings. The van der Waals surface area contributed by atoms with Gasteiger partial charge in [-0.2, -0.15) is 0 Å². The van der Waals surface area contributed by atoms with Crippen LogP contribution in [-0.4, -0.2) is 37.5 Å². The average Bonchev–Trinajstić information content (AvgIpc) is 3.33. The van der Waals surface area contributed by atoms with Crippen LogP contribution in [0.4, 0.5) is 0 Å². The van der Waals surface area contributed by atoms with Gasteiger partial charge in [0.25, 0.3) is 0 Å². The quantitative estimate of drug-likeness (QED) is 0.591. The minimum atomic E-state index is 0.794. The molecule has 0 unspecified atom stereocenters. The lowest BCUT2D eigenvalue weighted by atomic mass is 10.1. The Morgan fingerprint density at radius 3 is 2.52 bits per heavy atom. The van der Waals surface area contributed by atoms with Gasteiger partial charge in [-0.3, -0.25) is 9.89 Å². The second-order valence-corrected chi connectivity index (χ2v) is 7.51. The summed E-state index contributed by atoms with van der Waals surface area (Å²) in [7, 11) is 1.82. The van der Waals surface area contributed by atoms with Gasteiger partial charge in [0, 0.05) is 31.6 Å². The van der Waals surface area contributed by atoms with E-state index in [1.165, 1.54) is 41.9 Å². The largest absolute Gasteiger partial charge is 0.356 e. The molecule has 0 amide bonds. The minimum Gasteiger partial charge on any atom is -0.356 e. The first-order valence-corrected chi connectivity index (χ1v) is 9.98. The van der Waals surface area contributed by atoms with Crippen molar-refractivity contribution in [3.05, 3.63) is 57.8 Å². The maximum atomic E-state index is 4.30. The molecule has 0 spiro atoms. The van der Waals surface area contributed by atoms with Gasteiger partial charge in [0.2, 0.25) is 0 Å². The lowest BCUT2D eigenvalue weighted by Crippen LogP contribution is -2.37. The first-order valence-electron chi connectivity index (χ1n) is 9.10. The van der Waals surface area contributed by atoms with Crippen LogP contribution in [0.1, 0.15) is 28.8 Å². The molecule has 1 aliphatic rings. The lowest BCUT2D eigenvalue weighted by molar-refractivity contribution is 0.331. The first kappa shape index (κ1) is 18.0.